The third kappa shape index (κ3) is 2.67. The van der Waals surface area contributed by atoms with Gasteiger partial charge in [0.15, 0.2) is 5.78 Å². The van der Waals surface area contributed by atoms with Crippen molar-refractivity contribution in [3.05, 3.63) is 20.7 Å². The van der Waals surface area contributed by atoms with Crippen molar-refractivity contribution in [1.82, 2.24) is 0 Å². The number of carbonyl (C=O) groups is 1. The molecule has 0 aliphatic heterocycles. The van der Waals surface area contributed by atoms with E-state index in [0.717, 1.165) is 28.7 Å². The number of carbonyl (C=O) groups excluding carboxylic acids is 1. The number of ketones is 1. The molecule has 100 valence electrons. The molecule has 1 atom stereocenters. The molecule has 1 aromatic rings. The molecule has 1 nitrogen and oxygen atoms in total. The molecule has 19 heavy (non-hydrogen) atoms. The molecule has 2 heteroatoms. The molecule has 2 rings (SSSR count). The molecule has 1 aromatic heterocycles. The quantitative estimate of drug-likeness (QED) is 0.608. The predicted molar refractivity (Wildman–Crippen MR) is 82.5 cm³/mol. The highest BCUT2D eigenvalue weighted by atomic mass is 32.1. The van der Waals surface area contributed by atoms with Crippen molar-refractivity contribution in [2.75, 3.05) is 0 Å². The van der Waals surface area contributed by atoms with Crippen molar-refractivity contribution in [2.45, 2.75) is 40.0 Å². The van der Waals surface area contributed by atoms with Crippen LogP contribution in [0.15, 0.2) is 6.07 Å². The maximum Gasteiger partial charge on any atom is 0.175 e. The molecule has 1 unspecified atom stereocenters. The van der Waals surface area contributed by atoms with Gasteiger partial charge in [-0.1, -0.05) is 25.8 Å². The standard InChI is InChI=1S/C17H20OS/c1-5-12(6-2)16(18)14-10-13-8-9-17(4,7-3)11-15(13)19-14/h3,8,10-12H,5-6,9H2,1-2,4H3. The smallest absolute Gasteiger partial charge is 0.175 e. The number of terminal acetylenes is 1. The van der Waals surface area contributed by atoms with E-state index in [1.807, 2.05) is 6.07 Å². The van der Waals surface area contributed by atoms with Gasteiger partial charge in [0.1, 0.15) is 0 Å². The first-order chi connectivity index (χ1) is 9.03. The van der Waals surface area contributed by atoms with E-state index in [0.29, 0.717) is 0 Å². The number of rotatable bonds is 4. The Kier molecular flexibility index (Phi) is 3.96. The number of fused-ring (bicyclic) bond motifs is 1. The molecule has 1 aliphatic rings. The summed E-state index contributed by atoms with van der Waals surface area (Å²) in [6, 6.07) is 2.03. The van der Waals surface area contributed by atoms with Gasteiger partial charge in [0.05, 0.1) is 10.3 Å². The molecule has 0 saturated heterocycles. The Bertz CT molecular complexity index is 640. The van der Waals surface area contributed by atoms with E-state index in [2.05, 4.69) is 38.8 Å². The summed E-state index contributed by atoms with van der Waals surface area (Å²) in [5.41, 5.74) is -0.201. The fourth-order valence-corrected chi connectivity index (χ4v) is 3.71. The predicted octanol–water partition coefficient (Wildman–Crippen LogP) is 2.97. The summed E-state index contributed by atoms with van der Waals surface area (Å²) >= 11 is 1.59. The van der Waals surface area contributed by atoms with E-state index < -0.39 is 0 Å². The second-order valence-electron chi connectivity index (χ2n) is 5.42. The van der Waals surface area contributed by atoms with Crippen molar-refractivity contribution in [1.29, 1.82) is 0 Å². The van der Waals surface area contributed by atoms with Gasteiger partial charge in [0.25, 0.3) is 0 Å². The molecule has 0 aromatic carbocycles. The van der Waals surface area contributed by atoms with Crippen molar-refractivity contribution >= 4 is 29.3 Å². The summed E-state index contributed by atoms with van der Waals surface area (Å²) in [5.74, 6) is 3.28. The summed E-state index contributed by atoms with van der Waals surface area (Å²) in [7, 11) is 0. The molecule has 0 fully saturated rings. The van der Waals surface area contributed by atoms with Gasteiger partial charge in [-0.05, 0) is 43.5 Å². The van der Waals surface area contributed by atoms with E-state index in [9.17, 15) is 4.79 Å². The maximum atomic E-state index is 12.4. The third-order valence-electron chi connectivity index (χ3n) is 3.92. The highest BCUT2D eigenvalue weighted by Gasteiger charge is 2.22. The van der Waals surface area contributed by atoms with Crippen LogP contribution in [0.3, 0.4) is 0 Å². The van der Waals surface area contributed by atoms with Crippen LogP contribution in [0.25, 0.3) is 12.2 Å². The molecule has 0 amide bonds. The van der Waals surface area contributed by atoms with Crippen molar-refractivity contribution in [3.63, 3.8) is 0 Å². The van der Waals surface area contributed by atoms with Crippen LogP contribution in [0.1, 0.15) is 49.7 Å². The summed E-state index contributed by atoms with van der Waals surface area (Å²) in [5, 5.41) is 1.17. The van der Waals surface area contributed by atoms with Crippen LogP contribution in [0.4, 0.5) is 0 Å². The minimum Gasteiger partial charge on any atom is -0.293 e. The zero-order valence-electron chi connectivity index (χ0n) is 11.8. The van der Waals surface area contributed by atoms with Crippen LogP contribution < -0.4 is 9.75 Å². The molecular weight excluding hydrogens is 252 g/mol. The highest BCUT2D eigenvalue weighted by molar-refractivity contribution is 7.12. The zero-order chi connectivity index (χ0) is 14.0. The van der Waals surface area contributed by atoms with Crippen LogP contribution in [0.5, 0.6) is 0 Å². The number of hydrogen-bond donors (Lipinski definition) is 0. The van der Waals surface area contributed by atoms with E-state index in [-0.39, 0.29) is 17.1 Å². The van der Waals surface area contributed by atoms with Gasteiger partial charge >= 0.3 is 0 Å². The maximum absolute atomic E-state index is 12.4. The molecule has 0 radical (unpaired) electrons. The lowest BCUT2D eigenvalue weighted by Crippen LogP contribution is -2.27. The first kappa shape index (κ1) is 14.1. The Hall–Kier alpha value is -1.33. The van der Waals surface area contributed by atoms with Gasteiger partial charge < -0.3 is 0 Å². The molecular formula is C17H20OS. The second-order valence-corrected chi connectivity index (χ2v) is 6.51. The van der Waals surface area contributed by atoms with Crippen LogP contribution >= 0.6 is 11.3 Å². The Morgan fingerprint density at radius 3 is 2.79 bits per heavy atom. The molecule has 0 spiro atoms. The number of thiophene rings is 1. The van der Waals surface area contributed by atoms with Gasteiger partial charge in [-0.15, -0.1) is 17.8 Å². The van der Waals surface area contributed by atoms with Gasteiger partial charge in [-0.3, -0.25) is 4.79 Å². The second kappa shape index (κ2) is 5.35. The Morgan fingerprint density at radius 2 is 2.21 bits per heavy atom. The zero-order valence-corrected chi connectivity index (χ0v) is 12.6. The fraction of sp³-hybridized carbons (Fsp3) is 0.471. The van der Waals surface area contributed by atoms with E-state index >= 15 is 0 Å². The molecule has 0 N–H and O–H groups in total. The largest absolute Gasteiger partial charge is 0.293 e. The lowest BCUT2D eigenvalue weighted by Gasteiger charge is -2.18. The number of Topliss-reactive ketones (excluding diaryl/α,β-unsaturated/α-hetero) is 1. The normalized spacial score (nSPS) is 21.2. The summed E-state index contributed by atoms with van der Waals surface area (Å²) in [6.07, 6.45) is 12.6. The fourth-order valence-electron chi connectivity index (χ4n) is 2.44. The highest BCUT2D eigenvalue weighted by Crippen LogP contribution is 2.25. The topological polar surface area (TPSA) is 17.1 Å². The van der Waals surface area contributed by atoms with Gasteiger partial charge in [-0.2, -0.15) is 0 Å². The SMILES string of the molecule is C#CC1(C)C=c2sc(C(=O)C(CC)CC)cc2=CC1. The van der Waals surface area contributed by atoms with Gasteiger partial charge in [0.2, 0.25) is 0 Å². The van der Waals surface area contributed by atoms with E-state index in [1.165, 1.54) is 5.22 Å². The molecule has 1 heterocycles. The first-order valence-corrected chi connectivity index (χ1v) is 7.69. The summed E-state index contributed by atoms with van der Waals surface area (Å²) in [4.78, 5) is 13.3. The van der Waals surface area contributed by atoms with Crippen molar-refractivity contribution in [3.8, 4) is 12.3 Å². The molecule has 0 saturated carbocycles. The van der Waals surface area contributed by atoms with Crippen LogP contribution in [-0.4, -0.2) is 5.78 Å². The van der Waals surface area contributed by atoms with Crippen LogP contribution in [-0.2, 0) is 0 Å². The first-order valence-electron chi connectivity index (χ1n) is 6.88. The molecule has 1 aliphatic carbocycles. The van der Waals surface area contributed by atoms with E-state index in [1.54, 1.807) is 11.3 Å². The van der Waals surface area contributed by atoms with Gasteiger partial charge in [0, 0.05) is 10.5 Å². The Balaban J connectivity index is 2.43. The van der Waals surface area contributed by atoms with Crippen LogP contribution in [0, 0.1) is 23.7 Å². The Labute approximate surface area is 119 Å². The van der Waals surface area contributed by atoms with Crippen molar-refractivity contribution < 1.29 is 4.79 Å². The monoisotopic (exact) mass is 272 g/mol. The Morgan fingerprint density at radius 1 is 1.53 bits per heavy atom. The molecule has 0 bridgehead atoms. The minimum atomic E-state index is -0.201. The van der Waals surface area contributed by atoms with Crippen molar-refractivity contribution in [2.24, 2.45) is 11.3 Å². The summed E-state index contributed by atoms with van der Waals surface area (Å²) < 4.78 is 1.15. The van der Waals surface area contributed by atoms with Gasteiger partial charge in [-0.25, -0.2) is 0 Å². The average molecular weight is 272 g/mol. The third-order valence-corrected chi connectivity index (χ3v) is 5.03. The minimum absolute atomic E-state index is 0.152. The van der Waals surface area contributed by atoms with Crippen LogP contribution in [0.2, 0.25) is 0 Å². The lowest BCUT2D eigenvalue weighted by molar-refractivity contribution is 0.0917. The van der Waals surface area contributed by atoms with E-state index in [4.69, 9.17) is 6.42 Å². The lowest BCUT2D eigenvalue weighted by atomic mass is 9.85. The number of hydrogen-bond acceptors (Lipinski definition) is 2. The summed E-state index contributed by atoms with van der Waals surface area (Å²) in [6.45, 7) is 6.22. The average Bonchev–Trinajstić information content (AvgIpc) is 2.82.